The number of carbonyl (C=O) groups excluding carboxylic acids is 1. The molecule has 1 aliphatic rings. The Balaban J connectivity index is 1.75. The Morgan fingerprint density at radius 3 is 2.77 bits per heavy atom. The smallest absolute Gasteiger partial charge is 0.336 e. The molecule has 22 heavy (non-hydrogen) atoms. The summed E-state index contributed by atoms with van der Waals surface area (Å²) in [4.78, 5) is 27.7. The summed E-state index contributed by atoms with van der Waals surface area (Å²) in [6.07, 6.45) is 1.95. The number of nitrogens with one attached hydrogen (secondary N) is 2. The maximum absolute atomic E-state index is 12.4. The van der Waals surface area contributed by atoms with Crippen LogP contribution in [0.2, 0.25) is 0 Å². The first-order valence-corrected chi connectivity index (χ1v) is 7.68. The normalized spacial score (nSPS) is 21.8. The van der Waals surface area contributed by atoms with Gasteiger partial charge >= 0.3 is 5.69 Å². The quantitative estimate of drug-likeness (QED) is 0.906. The molecule has 0 aliphatic carbocycles. The van der Waals surface area contributed by atoms with E-state index in [9.17, 15) is 9.59 Å². The lowest BCUT2D eigenvalue weighted by molar-refractivity contribution is 0.0633. The standard InChI is InChI=1S/C16H20N4O2/c1-2-11-10-20(15(21)14-17-16(22)19-18-14)9-8-13(11)12-6-4-3-5-7-12/h3-7,11,13H,2,8-10H2,1H3,(H2,17,18,19,22)/t11-,13-/m0/s1. The minimum absolute atomic E-state index is 0.0954. The first-order valence-electron chi connectivity index (χ1n) is 7.68. The number of aromatic nitrogens is 3. The minimum Gasteiger partial charge on any atom is -0.336 e. The fourth-order valence-electron chi connectivity index (χ4n) is 3.29. The highest BCUT2D eigenvalue weighted by Crippen LogP contribution is 2.35. The Morgan fingerprint density at radius 2 is 2.14 bits per heavy atom. The van der Waals surface area contributed by atoms with Crippen LogP contribution in [0.1, 0.15) is 41.9 Å². The molecule has 1 aromatic carbocycles. The van der Waals surface area contributed by atoms with Crippen LogP contribution >= 0.6 is 0 Å². The van der Waals surface area contributed by atoms with E-state index in [1.54, 1.807) is 4.90 Å². The number of hydrogen-bond donors (Lipinski definition) is 2. The molecule has 1 saturated heterocycles. The molecule has 3 rings (SSSR count). The molecule has 0 radical (unpaired) electrons. The molecule has 2 aromatic rings. The van der Waals surface area contributed by atoms with E-state index in [2.05, 4.69) is 46.4 Å². The van der Waals surface area contributed by atoms with Gasteiger partial charge in [0, 0.05) is 13.1 Å². The van der Waals surface area contributed by atoms with Crippen LogP contribution in [0.15, 0.2) is 35.1 Å². The number of H-pyrrole nitrogens is 2. The second kappa shape index (κ2) is 6.17. The van der Waals surface area contributed by atoms with E-state index >= 15 is 0 Å². The third-order valence-electron chi connectivity index (χ3n) is 4.48. The lowest BCUT2D eigenvalue weighted by atomic mass is 9.79. The molecule has 1 amide bonds. The molecule has 0 unspecified atom stereocenters. The van der Waals surface area contributed by atoms with Crippen LogP contribution in [-0.2, 0) is 0 Å². The van der Waals surface area contributed by atoms with E-state index in [0.29, 0.717) is 24.9 Å². The van der Waals surface area contributed by atoms with Crippen molar-refractivity contribution in [2.24, 2.45) is 5.92 Å². The lowest BCUT2D eigenvalue weighted by Crippen LogP contribution is -2.43. The molecule has 0 bridgehead atoms. The molecular weight excluding hydrogens is 280 g/mol. The van der Waals surface area contributed by atoms with Gasteiger partial charge in [0.05, 0.1) is 0 Å². The minimum atomic E-state index is -0.449. The number of likely N-dealkylation sites (tertiary alicyclic amines) is 1. The zero-order valence-corrected chi connectivity index (χ0v) is 12.6. The lowest BCUT2D eigenvalue weighted by Gasteiger charge is -2.38. The largest absolute Gasteiger partial charge is 0.341 e. The third-order valence-corrected chi connectivity index (χ3v) is 4.48. The van der Waals surface area contributed by atoms with Crippen molar-refractivity contribution < 1.29 is 4.79 Å². The highest BCUT2D eigenvalue weighted by atomic mass is 16.2. The van der Waals surface area contributed by atoms with Crippen LogP contribution in [0.4, 0.5) is 0 Å². The first kappa shape index (κ1) is 14.6. The van der Waals surface area contributed by atoms with E-state index in [1.807, 2.05) is 6.07 Å². The van der Waals surface area contributed by atoms with E-state index in [-0.39, 0.29) is 11.7 Å². The summed E-state index contributed by atoms with van der Waals surface area (Å²) >= 11 is 0. The first-order chi connectivity index (χ1) is 10.7. The van der Waals surface area contributed by atoms with E-state index in [1.165, 1.54) is 5.56 Å². The van der Waals surface area contributed by atoms with Crippen molar-refractivity contribution in [1.82, 2.24) is 20.1 Å². The maximum Gasteiger partial charge on any atom is 0.341 e. The second-order valence-electron chi connectivity index (χ2n) is 5.75. The predicted octanol–water partition coefficient (Wildman–Crippen LogP) is 1.75. The third kappa shape index (κ3) is 2.81. The van der Waals surface area contributed by atoms with Crippen molar-refractivity contribution in [1.29, 1.82) is 0 Å². The number of nitrogens with zero attached hydrogens (tertiary/aromatic N) is 2. The topological polar surface area (TPSA) is 81.8 Å². The van der Waals surface area contributed by atoms with Gasteiger partial charge in [0.15, 0.2) is 0 Å². The van der Waals surface area contributed by atoms with E-state index in [0.717, 1.165) is 12.8 Å². The van der Waals surface area contributed by atoms with Crippen molar-refractivity contribution in [3.8, 4) is 0 Å². The van der Waals surface area contributed by atoms with Crippen molar-refractivity contribution >= 4 is 5.91 Å². The summed E-state index contributed by atoms with van der Waals surface area (Å²) in [5.41, 5.74) is 0.893. The van der Waals surface area contributed by atoms with Crippen LogP contribution < -0.4 is 5.69 Å². The Bertz CT molecular complexity index is 691. The molecule has 1 aliphatic heterocycles. The molecule has 1 fully saturated rings. The number of amides is 1. The van der Waals surface area contributed by atoms with Gasteiger partial charge in [-0.15, -0.1) is 5.10 Å². The van der Waals surface area contributed by atoms with Crippen molar-refractivity contribution in [2.45, 2.75) is 25.7 Å². The summed E-state index contributed by atoms with van der Waals surface area (Å²) in [7, 11) is 0. The second-order valence-corrected chi connectivity index (χ2v) is 5.75. The summed E-state index contributed by atoms with van der Waals surface area (Å²) in [6.45, 7) is 3.54. The molecule has 0 spiro atoms. The van der Waals surface area contributed by atoms with Crippen LogP contribution in [0, 0.1) is 5.92 Å². The van der Waals surface area contributed by atoms with Crippen molar-refractivity contribution in [3.05, 3.63) is 52.2 Å². The van der Waals surface area contributed by atoms with Gasteiger partial charge < -0.3 is 4.90 Å². The molecule has 2 N–H and O–H groups in total. The fraction of sp³-hybridized carbons (Fsp3) is 0.438. The van der Waals surface area contributed by atoms with Gasteiger partial charge in [-0.25, -0.2) is 9.89 Å². The average Bonchev–Trinajstić information content (AvgIpc) is 3.01. The number of rotatable bonds is 3. The number of piperidine rings is 1. The maximum atomic E-state index is 12.4. The number of aromatic amines is 2. The van der Waals surface area contributed by atoms with Gasteiger partial charge in [0.25, 0.3) is 5.91 Å². The van der Waals surface area contributed by atoms with Crippen molar-refractivity contribution in [3.63, 3.8) is 0 Å². The molecule has 6 nitrogen and oxygen atoms in total. The summed E-state index contributed by atoms with van der Waals surface area (Å²) in [5, 5.41) is 5.97. The molecule has 116 valence electrons. The number of carbonyl (C=O) groups is 1. The van der Waals surface area contributed by atoms with E-state index < -0.39 is 5.69 Å². The van der Waals surface area contributed by atoms with Crippen LogP contribution in [0.3, 0.4) is 0 Å². The van der Waals surface area contributed by atoms with Gasteiger partial charge in [-0.2, -0.15) is 0 Å². The Kier molecular flexibility index (Phi) is 4.09. The molecule has 2 heterocycles. The predicted molar refractivity (Wildman–Crippen MR) is 82.7 cm³/mol. The Hall–Kier alpha value is -2.37. The van der Waals surface area contributed by atoms with E-state index in [4.69, 9.17) is 0 Å². The molecule has 6 heteroatoms. The van der Waals surface area contributed by atoms with Gasteiger partial charge in [-0.3, -0.25) is 9.78 Å². The summed E-state index contributed by atoms with van der Waals surface area (Å²) < 4.78 is 0. The molecule has 0 saturated carbocycles. The zero-order valence-electron chi connectivity index (χ0n) is 12.6. The van der Waals surface area contributed by atoms with Crippen LogP contribution in [-0.4, -0.2) is 39.1 Å². The number of hydrogen-bond acceptors (Lipinski definition) is 3. The van der Waals surface area contributed by atoms with Gasteiger partial charge in [-0.1, -0.05) is 43.7 Å². The van der Waals surface area contributed by atoms with Crippen molar-refractivity contribution in [2.75, 3.05) is 13.1 Å². The molecule has 1 aromatic heterocycles. The zero-order chi connectivity index (χ0) is 15.5. The van der Waals surface area contributed by atoms with Gasteiger partial charge in [0.1, 0.15) is 0 Å². The van der Waals surface area contributed by atoms with Gasteiger partial charge in [-0.05, 0) is 23.8 Å². The summed E-state index contributed by atoms with van der Waals surface area (Å²) in [6, 6.07) is 10.5. The Labute approximate surface area is 128 Å². The van der Waals surface area contributed by atoms with Crippen LogP contribution in [0.25, 0.3) is 0 Å². The average molecular weight is 300 g/mol. The molecular formula is C16H20N4O2. The monoisotopic (exact) mass is 300 g/mol. The highest BCUT2D eigenvalue weighted by Gasteiger charge is 2.32. The summed E-state index contributed by atoms with van der Waals surface area (Å²) in [5.74, 6) is 0.792. The highest BCUT2D eigenvalue weighted by molar-refractivity contribution is 5.90. The fourth-order valence-corrected chi connectivity index (χ4v) is 3.29. The number of benzene rings is 1. The van der Waals surface area contributed by atoms with Gasteiger partial charge in [0.2, 0.25) is 5.82 Å². The Morgan fingerprint density at radius 1 is 1.36 bits per heavy atom. The van der Waals surface area contributed by atoms with Crippen LogP contribution in [0.5, 0.6) is 0 Å². The molecule has 2 atom stereocenters. The SMILES string of the molecule is CC[C@H]1CN(C(=O)c2n[nH]c(=O)[nH]2)CC[C@@H]1c1ccccc1.